The van der Waals surface area contributed by atoms with E-state index >= 15 is 0 Å². The number of nitrogens with one attached hydrogen (secondary N) is 1. The zero-order valence-electron chi connectivity index (χ0n) is 11.1. The van der Waals surface area contributed by atoms with Gasteiger partial charge in [0.05, 0.1) is 11.1 Å². The third kappa shape index (κ3) is 3.03. The highest BCUT2D eigenvalue weighted by molar-refractivity contribution is 7.15. The Hall–Kier alpha value is -2.21. The summed E-state index contributed by atoms with van der Waals surface area (Å²) in [6.45, 7) is 4.08. The van der Waals surface area contributed by atoms with Crippen molar-refractivity contribution in [2.45, 2.75) is 19.8 Å². The molecule has 0 bridgehead atoms. The molecule has 6 heteroatoms. The number of amides is 1. The van der Waals surface area contributed by atoms with Crippen LogP contribution < -0.4 is 5.32 Å². The van der Waals surface area contributed by atoms with E-state index in [0.717, 1.165) is 4.88 Å². The minimum absolute atomic E-state index is 0.0226. The maximum atomic E-state index is 12.1. The Morgan fingerprint density at radius 3 is 2.45 bits per heavy atom. The molecule has 0 saturated carbocycles. The number of carbonyl (C=O) groups is 2. The number of hydrogen-bond donors (Lipinski definition) is 2. The van der Waals surface area contributed by atoms with E-state index in [4.69, 9.17) is 5.11 Å². The van der Waals surface area contributed by atoms with Gasteiger partial charge in [-0.2, -0.15) is 0 Å². The molecular weight excluding hydrogens is 276 g/mol. The molecule has 2 aromatic rings. The van der Waals surface area contributed by atoms with Crippen LogP contribution in [0.4, 0.5) is 5.13 Å². The normalized spacial score (nSPS) is 10.6. The van der Waals surface area contributed by atoms with E-state index in [-0.39, 0.29) is 11.1 Å². The first-order valence-corrected chi connectivity index (χ1v) is 6.90. The lowest BCUT2D eigenvalue weighted by molar-refractivity contribution is 0.0692. The van der Waals surface area contributed by atoms with Crippen LogP contribution in [0.3, 0.4) is 0 Å². The molecule has 20 heavy (non-hydrogen) atoms. The largest absolute Gasteiger partial charge is 0.478 e. The van der Waals surface area contributed by atoms with Crippen molar-refractivity contribution < 1.29 is 14.7 Å². The van der Waals surface area contributed by atoms with Gasteiger partial charge in [-0.1, -0.05) is 26.0 Å². The summed E-state index contributed by atoms with van der Waals surface area (Å²) in [5, 5.41) is 12.2. The minimum Gasteiger partial charge on any atom is -0.478 e. The number of thiazole rings is 1. The molecule has 5 nitrogen and oxygen atoms in total. The van der Waals surface area contributed by atoms with E-state index in [9.17, 15) is 9.59 Å². The Labute approximate surface area is 120 Å². The zero-order chi connectivity index (χ0) is 14.7. The highest BCUT2D eigenvalue weighted by Crippen LogP contribution is 2.25. The molecule has 104 valence electrons. The number of hydrogen-bond acceptors (Lipinski definition) is 4. The third-order valence-electron chi connectivity index (χ3n) is 2.72. The lowest BCUT2D eigenvalue weighted by atomic mass is 10.1. The van der Waals surface area contributed by atoms with Gasteiger partial charge < -0.3 is 5.11 Å². The van der Waals surface area contributed by atoms with Crippen LogP contribution in [0.1, 0.15) is 45.4 Å². The quantitative estimate of drug-likeness (QED) is 0.906. The van der Waals surface area contributed by atoms with E-state index in [0.29, 0.717) is 11.0 Å². The van der Waals surface area contributed by atoms with Gasteiger partial charge in [-0.3, -0.25) is 10.1 Å². The average molecular weight is 290 g/mol. The van der Waals surface area contributed by atoms with Gasteiger partial charge in [0.15, 0.2) is 5.13 Å². The Morgan fingerprint density at radius 1 is 1.25 bits per heavy atom. The molecule has 1 amide bonds. The van der Waals surface area contributed by atoms with Crippen molar-refractivity contribution in [3.8, 4) is 0 Å². The van der Waals surface area contributed by atoms with E-state index in [1.807, 2.05) is 13.8 Å². The third-order valence-corrected chi connectivity index (χ3v) is 3.93. The van der Waals surface area contributed by atoms with E-state index in [2.05, 4.69) is 10.3 Å². The second-order valence-electron chi connectivity index (χ2n) is 4.53. The van der Waals surface area contributed by atoms with Crippen LogP contribution in [0, 0.1) is 0 Å². The number of benzene rings is 1. The lowest BCUT2D eigenvalue weighted by Crippen LogP contribution is -2.16. The Bertz CT molecular complexity index is 649. The fourth-order valence-corrected chi connectivity index (χ4v) is 2.46. The number of carboxylic acids is 1. The van der Waals surface area contributed by atoms with Crippen LogP contribution in [0.25, 0.3) is 0 Å². The standard InChI is InChI=1S/C14H14N2O3S/c1-8(2)11-7-15-14(20-11)16-12(17)9-5-3-4-6-10(9)13(18)19/h3-8H,1-2H3,(H,18,19)(H,15,16,17). The highest BCUT2D eigenvalue weighted by atomic mass is 32.1. The summed E-state index contributed by atoms with van der Waals surface area (Å²) in [4.78, 5) is 28.4. The van der Waals surface area contributed by atoms with Gasteiger partial charge in [0.1, 0.15) is 0 Å². The van der Waals surface area contributed by atoms with Crippen LogP contribution in [0.2, 0.25) is 0 Å². The smallest absolute Gasteiger partial charge is 0.336 e. The zero-order valence-corrected chi connectivity index (χ0v) is 11.9. The van der Waals surface area contributed by atoms with Crippen LogP contribution in [-0.2, 0) is 0 Å². The Kier molecular flexibility index (Phi) is 4.14. The molecule has 0 spiro atoms. The van der Waals surface area contributed by atoms with Crippen molar-refractivity contribution in [1.82, 2.24) is 4.98 Å². The Balaban J connectivity index is 2.22. The number of aromatic carboxylic acids is 1. The second kappa shape index (κ2) is 5.83. The Morgan fingerprint density at radius 2 is 1.90 bits per heavy atom. The van der Waals surface area contributed by atoms with E-state index in [1.165, 1.54) is 23.5 Å². The molecule has 0 aliphatic carbocycles. The molecule has 0 saturated heterocycles. The molecule has 0 aliphatic rings. The summed E-state index contributed by atoms with van der Waals surface area (Å²) in [6.07, 6.45) is 1.72. The van der Waals surface area contributed by atoms with Gasteiger partial charge in [-0.25, -0.2) is 9.78 Å². The molecule has 1 aromatic heterocycles. The molecule has 0 radical (unpaired) electrons. The van der Waals surface area contributed by atoms with Crippen LogP contribution >= 0.6 is 11.3 Å². The number of anilines is 1. The number of carboxylic acid groups (broad SMARTS) is 1. The number of rotatable bonds is 4. The fraction of sp³-hybridized carbons (Fsp3) is 0.214. The molecular formula is C14H14N2O3S. The van der Waals surface area contributed by atoms with Crippen LogP contribution in [-0.4, -0.2) is 22.0 Å². The molecule has 0 atom stereocenters. The summed E-state index contributed by atoms with van der Waals surface area (Å²) in [5.74, 6) is -1.25. The van der Waals surface area contributed by atoms with Gasteiger partial charge >= 0.3 is 5.97 Å². The summed E-state index contributed by atoms with van der Waals surface area (Å²) >= 11 is 1.39. The summed E-state index contributed by atoms with van der Waals surface area (Å²) in [5.41, 5.74) is 0.104. The van der Waals surface area contributed by atoms with Crippen molar-refractivity contribution in [2.24, 2.45) is 0 Å². The number of nitrogens with zero attached hydrogens (tertiary/aromatic N) is 1. The number of carbonyl (C=O) groups excluding carboxylic acids is 1. The van der Waals surface area contributed by atoms with E-state index < -0.39 is 11.9 Å². The molecule has 0 fully saturated rings. The first-order valence-electron chi connectivity index (χ1n) is 6.08. The van der Waals surface area contributed by atoms with Gasteiger partial charge in [0.2, 0.25) is 0 Å². The van der Waals surface area contributed by atoms with Gasteiger partial charge in [0, 0.05) is 11.1 Å². The van der Waals surface area contributed by atoms with Gasteiger partial charge in [-0.15, -0.1) is 11.3 Å². The predicted molar refractivity (Wildman–Crippen MR) is 77.6 cm³/mol. The summed E-state index contributed by atoms with van der Waals surface area (Å²) < 4.78 is 0. The monoisotopic (exact) mass is 290 g/mol. The van der Waals surface area contributed by atoms with Crippen molar-refractivity contribution in [3.63, 3.8) is 0 Å². The van der Waals surface area contributed by atoms with E-state index in [1.54, 1.807) is 18.3 Å². The number of aromatic nitrogens is 1. The summed E-state index contributed by atoms with van der Waals surface area (Å²) in [7, 11) is 0. The van der Waals surface area contributed by atoms with Crippen LogP contribution in [0.15, 0.2) is 30.5 Å². The maximum Gasteiger partial charge on any atom is 0.336 e. The molecule has 0 aliphatic heterocycles. The average Bonchev–Trinajstić information content (AvgIpc) is 2.87. The molecule has 1 heterocycles. The van der Waals surface area contributed by atoms with Gasteiger partial charge in [-0.05, 0) is 18.1 Å². The first-order chi connectivity index (χ1) is 9.49. The minimum atomic E-state index is -1.13. The topological polar surface area (TPSA) is 79.3 Å². The maximum absolute atomic E-state index is 12.1. The fourth-order valence-electron chi connectivity index (χ4n) is 1.64. The SMILES string of the molecule is CC(C)c1cnc(NC(=O)c2ccccc2C(=O)O)s1. The molecule has 2 N–H and O–H groups in total. The highest BCUT2D eigenvalue weighted by Gasteiger charge is 2.17. The lowest BCUT2D eigenvalue weighted by Gasteiger charge is -2.05. The second-order valence-corrected chi connectivity index (χ2v) is 5.59. The van der Waals surface area contributed by atoms with Gasteiger partial charge in [0.25, 0.3) is 5.91 Å². The van der Waals surface area contributed by atoms with Crippen molar-refractivity contribution in [2.75, 3.05) is 5.32 Å². The van der Waals surface area contributed by atoms with Crippen LogP contribution in [0.5, 0.6) is 0 Å². The molecule has 0 unspecified atom stereocenters. The summed E-state index contributed by atoms with van der Waals surface area (Å²) in [6, 6.07) is 6.09. The predicted octanol–water partition coefficient (Wildman–Crippen LogP) is 3.22. The van der Waals surface area contributed by atoms with Crippen molar-refractivity contribution >= 4 is 28.3 Å². The van der Waals surface area contributed by atoms with Crippen molar-refractivity contribution in [1.29, 1.82) is 0 Å². The van der Waals surface area contributed by atoms with Crippen molar-refractivity contribution in [3.05, 3.63) is 46.5 Å². The first kappa shape index (κ1) is 14.2. The molecule has 1 aromatic carbocycles. The molecule has 2 rings (SSSR count).